The Bertz CT molecular complexity index is 2800. The van der Waals surface area contributed by atoms with E-state index in [2.05, 4.69) is 0 Å². The van der Waals surface area contributed by atoms with Crippen molar-refractivity contribution < 1.29 is 91.1 Å². The lowest BCUT2D eigenvalue weighted by molar-refractivity contribution is -0.442. The molecule has 2 amide bonds. The van der Waals surface area contributed by atoms with E-state index in [1.54, 1.807) is 39.2 Å². The van der Waals surface area contributed by atoms with Crippen LogP contribution in [0.3, 0.4) is 0 Å². The smallest absolute Gasteiger partial charge is 0.333 e. The third-order valence-electron chi connectivity index (χ3n) is 12.9. The average Bonchev–Trinajstić information content (AvgIpc) is 3.86. The van der Waals surface area contributed by atoms with Crippen LogP contribution in [-0.4, -0.2) is 171 Å². The van der Waals surface area contributed by atoms with E-state index in [9.17, 15) is 53.3 Å². The molecule has 0 aromatic heterocycles. The second kappa shape index (κ2) is 26.8. The standard InChI is InChI=1S/C49H67N3O19S3/c1-36(10-16-44-49(3,20-23-65-4)40-35-38(74(62,63)64)11-13-41(40)50(44)21-6-8-47(55)71-52-45(53)17-18-46(52)54)9-15-43-48(2,19-7-33-72(56,57)58)39-34-37(73(59,60)61)12-14-42(39)51(43)22-24-67-27-28-69-31-32-70-30-29-68-26-25-66-5/h9-16,34-35H,6-8,17-33H2,1-5H3,(H2-,56,57,58,59,60,61,62,63,64)/p-2. The van der Waals surface area contributed by atoms with Crippen LogP contribution >= 0.6 is 0 Å². The van der Waals surface area contributed by atoms with Gasteiger partial charge in [-0.3, -0.25) is 9.59 Å². The van der Waals surface area contributed by atoms with Gasteiger partial charge in [-0.2, -0.15) is 4.58 Å². The molecule has 2 aromatic rings. The van der Waals surface area contributed by atoms with Crippen LogP contribution in [0.25, 0.3) is 0 Å². The number of carbonyl (C=O) groups excluding carboxylic acids is 3. The van der Waals surface area contributed by atoms with Gasteiger partial charge in [0.1, 0.15) is 26.8 Å². The maximum Gasteiger partial charge on any atom is 0.333 e. The maximum absolute atomic E-state index is 12.8. The molecule has 2 unspecified atom stereocenters. The highest BCUT2D eigenvalue weighted by Crippen LogP contribution is 2.51. The van der Waals surface area contributed by atoms with Crippen LogP contribution in [0.5, 0.6) is 0 Å². The van der Waals surface area contributed by atoms with Gasteiger partial charge in [0.25, 0.3) is 11.8 Å². The number of rotatable bonds is 32. The molecule has 5 rings (SSSR count). The number of fused-ring (bicyclic) bond motifs is 2. The lowest BCUT2D eigenvalue weighted by Gasteiger charge is -2.30. The molecule has 22 nitrogen and oxygen atoms in total. The topological polar surface area (TPSA) is 297 Å². The summed E-state index contributed by atoms with van der Waals surface area (Å²) in [5.41, 5.74) is 1.81. The van der Waals surface area contributed by atoms with Gasteiger partial charge in [-0.25, -0.2) is 30.0 Å². The molecule has 3 aliphatic heterocycles. The second-order valence-electron chi connectivity index (χ2n) is 18.1. The fourth-order valence-electron chi connectivity index (χ4n) is 9.01. The third-order valence-corrected chi connectivity index (χ3v) is 15.3. The molecular weight excluding hydrogens is 1030 g/mol. The van der Waals surface area contributed by atoms with Crippen molar-refractivity contribution in [3.8, 4) is 0 Å². The zero-order valence-electron chi connectivity index (χ0n) is 42.2. The predicted octanol–water partition coefficient (Wildman–Crippen LogP) is 3.48. The minimum absolute atomic E-state index is 0.0627. The summed E-state index contributed by atoms with van der Waals surface area (Å²) in [6, 6.07) is 8.03. The van der Waals surface area contributed by atoms with Gasteiger partial charge in [0.2, 0.25) is 5.69 Å². The van der Waals surface area contributed by atoms with Crippen molar-refractivity contribution in [1.29, 1.82) is 0 Å². The minimum atomic E-state index is -4.93. The molecule has 2 aromatic carbocycles. The molecule has 3 heterocycles. The van der Waals surface area contributed by atoms with Crippen LogP contribution in [0.1, 0.15) is 76.8 Å². The Morgan fingerprint density at radius 1 is 0.716 bits per heavy atom. The molecule has 25 heteroatoms. The first-order chi connectivity index (χ1) is 34.9. The van der Waals surface area contributed by atoms with Crippen LogP contribution in [0, 0.1) is 0 Å². The van der Waals surface area contributed by atoms with E-state index in [0.717, 1.165) is 0 Å². The van der Waals surface area contributed by atoms with Crippen molar-refractivity contribution in [3.05, 3.63) is 83.1 Å². The van der Waals surface area contributed by atoms with Gasteiger partial charge in [0, 0.05) is 86.9 Å². The zero-order valence-corrected chi connectivity index (χ0v) is 44.7. The van der Waals surface area contributed by atoms with Gasteiger partial charge in [-0.1, -0.05) is 17.7 Å². The number of hydroxylamine groups is 2. The molecule has 0 spiro atoms. The molecule has 2 atom stereocenters. The van der Waals surface area contributed by atoms with E-state index >= 15 is 0 Å². The van der Waals surface area contributed by atoms with E-state index in [1.165, 1.54) is 43.5 Å². The summed E-state index contributed by atoms with van der Waals surface area (Å²) in [7, 11) is -11.3. The molecule has 0 aliphatic carbocycles. The van der Waals surface area contributed by atoms with E-state index in [0.29, 0.717) is 90.6 Å². The molecule has 74 heavy (non-hydrogen) atoms. The summed E-state index contributed by atoms with van der Waals surface area (Å²) in [5, 5.41) is 0.470. The van der Waals surface area contributed by atoms with Crippen molar-refractivity contribution in [2.24, 2.45) is 0 Å². The van der Waals surface area contributed by atoms with Crippen molar-refractivity contribution in [2.75, 3.05) is 104 Å². The highest BCUT2D eigenvalue weighted by molar-refractivity contribution is 7.86. The molecule has 0 bridgehead atoms. The Morgan fingerprint density at radius 3 is 1.84 bits per heavy atom. The second-order valence-corrected chi connectivity index (χ2v) is 22.4. The predicted molar refractivity (Wildman–Crippen MR) is 263 cm³/mol. The van der Waals surface area contributed by atoms with Crippen molar-refractivity contribution in [1.82, 2.24) is 5.06 Å². The van der Waals surface area contributed by atoms with E-state index in [1.807, 2.05) is 22.5 Å². The van der Waals surface area contributed by atoms with Crippen molar-refractivity contribution >= 4 is 65.2 Å². The quantitative estimate of drug-likeness (QED) is 0.0333. The summed E-state index contributed by atoms with van der Waals surface area (Å²) in [6.07, 6.45) is 7.28. The van der Waals surface area contributed by atoms with Crippen molar-refractivity contribution in [2.45, 2.75) is 86.3 Å². The van der Waals surface area contributed by atoms with Crippen molar-refractivity contribution in [3.63, 3.8) is 0 Å². The van der Waals surface area contributed by atoms with Gasteiger partial charge in [0.05, 0.1) is 78.2 Å². The molecule has 0 radical (unpaired) electrons. The summed E-state index contributed by atoms with van der Waals surface area (Å²) < 4.78 is 144. The summed E-state index contributed by atoms with van der Waals surface area (Å²) in [6.45, 7) is 9.13. The Hall–Kier alpha value is -4.77. The Labute approximate surface area is 433 Å². The monoisotopic (exact) mass is 1100 g/mol. The maximum atomic E-state index is 12.8. The average molecular weight is 1100 g/mol. The number of methoxy groups -OCH3 is 2. The van der Waals surface area contributed by atoms with Gasteiger partial charge >= 0.3 is 5.97 Å². The first-order valence-electron chi connectivity index (χ1n) is 23.9. The molecular formula is C49H65N3O19S3-2. The number of allylic oxidation sites excluding steroid dienone is 6. The van der Waals surface area contributed by atoms with Crippen LogP contribution in [0.2, 0.25) is 0 Å². The fraction of sp³-hybridized carbons (Fsp3) is 0.551. The number of hydrogen-bond donors (Lipinski definition) is 0. The lowest BCUT2D eigenvalue weighted by atomic mass is 9.75. The Kier molecular flexibility index (Phi) is 21.8. The molecule has 0 saturated carbocycles. The first kappa shape index (κ1) is 60.1. The van der Waals surface area contributed by atoms with E-state index in [-0.39, 0.29) is 78.0 Å². The van der Waals surface area contributed by atoms with Gasteiger partial charge < -0.3 is 51.8 Å². The summed E-state index contributed by atoms with van der Waals surface area (Å²) in [4.78, 5) is 43.0. The largest absolute Gasteiger partial charge is 0.748 e. The number of benzene rings is 2. The number of carbonyl (C=O) groups is 3. The molecule has 410 valence electrons. The Balaban J connectivity index is 1.46. The highest BCUT2D eigenvalue weighted by atomic mass is 32.2. The first-order valence-corrected chi connectivity index (χ1v) is 28.3. The lowest BCUT2D eigenvalue weighted by Crippen LogP contribution is -2.33. The van der Waals surface area contributed by atoms with Gasteiger partial charge in [0.15, 0.2) is 12.3 Å². The number of anilines is 1. The Morgan fingerprint density at radius 2 is 1.27 bits per heavy atom. The SMILES string of the molecule is COCCOCCOCCOCCOCC[N+]1=C(/C=C/C(C)=C/C=C2/N(CCCC(=O)ON3C(=O)CCC3=O)c3ccc(S(=O)(=O)[O-])cc3C2(C)CCOC)C(C)(CCCS(=O)(=O)[O-])c2cc(S(=O)(=O)[O-])ccc21. The fourth-order valence-corrected chi connectivity index (χ4v) is 10.5. The zero-order chi connectivity index (χ0) is 54.3. The van der Waals surface area contributed by atoms with E-state index in [4.69, 9.17) is 33.3 Å². The van der Waals surface area contributed by atoms with Crippen LogP contribution in [0.4, 0.5) is 11.4 Å². The number of amides is 2. The van der Waals surface area contributed by atoms with Crippen LogP contribution in [0.15, 0.2) is 81.8 Å². The molecule has 1 fully saturated rings. The number of nitrogens with zero attached hydrogens (tertiary/aromatic N) is 3. The van der Waals surface area contributed by atoms with Crippen LogP contribution in [-0.2, 0) is 88.8 Å². The number of ether oxygens (including phenoxy) is 6. The summed E-state index contributed by atoms with van der Waals surface area (Å²) in [5.74, 6) is -2.75. The number of hydrogen-bond acceptors (Lipinski definition) is 20. The summed E-state index contributed by atoms with van der Waals surface area (Å²) >= 11 is 0. The molecule has 3 aliphatic rings. The molecule has 1 saturated heterocycles. The van der Waals surface area contributed by atoms with E-state index < -0.39 is 74.5 Å². The van der Waals surface area contributed by atoms with Gasteiger partial charge in [-0.05, 0) is 88.4 Å². The minimum Gasteiger partial charge on any atom is -0.748 e. The number of imide groups is 1. The normalized spacial score (nSPS) is 19.9. The molecule has 0 N–H and O–H groups in total. The highest BCUT2D eigenvalue weighted by Gasteiger charge is 2.48. The third kappa shape index (κ3) is 16.1. The van der Waals surface area contributed by atoms with Gasteiger partial charge in [-0.15, -0.1) is 5.06 Å². The van der Waals surface area contributed by atoms with Crippen LogP contribution < -0.4 is 4.90 Å².